The quantitative estimate of drug-likeness (QED) is 0.540. The summed E-state index contributed by atoms with van der Waals surface area (Å²) in [6.07, 6.45) is 0. The monoisotopic (exact) mass is 398 g/mol. The molecule has 0 aliphatic heterocycles. The molecule has 4 heteroatoms. The molecule has 0 aliphatic rings. The molecule has 0 fully saturated rings. The molecule has 2 rings (SSSR count). The lowest BCUT2D eigenvalue weighted by Gasteiger charge is -2.30. The third-order valence-electron chi connectivity index (χ3n) is 5.30. The highest BCUT2D eigenvalue weighted by molar-refractivity contribution is 7.96. The van der Waals surface area contributed by atoms with Crippen molar-refractivity contribution in [2.75, 3.05) is 0 Å². The van der Waals surface area contributed by atoms with E-state index >= 15 is 0 Å². The molecular formula is C24H31O3P. The van der Waals surface area contributed by atoms with Crippen LogP contribution >= 0.6 is 7.14 Å². The van der Waals surface area contributed by atoms with E-state index in [9.17, 15) is 14.2 Å². The van der Waals surface area contributed by atoms with Crippen LogP contribution in [0.3, 0.4) is 0 Å². The Bertz CT molecular complexity index is 903. The van der Waals surface area contributed by atoms with Crippen LogP contribution in [0.25, 0.3) is 0 Å². The molecule has 28 heavy (non-hydrogen) atoms. The second-order valence-electron chi connectivity index (χ2n) is 8.94. The first-order chi connectivity index (χ1) is 12.7. The van der Waals surface area contributed by atoms with Gasteiger partial charge >= 0.3 is 0 Å². The molecule has 0 radical (unpaired) electrons. The van der Waals surface area contributed by atoms with Crippen LogP contribution in [0.2, 0.25) is 0 Å². The number of carbonyl (C=O) groups excluding carboxylic acids is 2. The molecule has 0 saturated heterocycles. The van der Waals surface area contributed by atoms with Gasteiger partial charge in [0.2, 0.25) is 18.2 Å². The Kier molecular flexibility index (Phi) is 5.93. The zero-order valence-corrected chi connectivity index (χ0v) is 19.4. The number of carbonyl (C=O) groups is 2. The zero-order chi connectivity index (χ0) is 21.6. The van der Waals surface area contributed by atoms with E-state index in [2.05, 4.69) is 0 Å². The van der Waals surface area contributed by atoms with Gasteiger partial charge in [0.05, 0.1) is 0 Å². The van der Waals surface area contributed by atoms with Gasteiger partial charge in [-0.2, -0.15) is 0 Å². The van der Waals surface area contributed by atoms with E-state index in [-0.39, 0.29) is 0 Å². The van der Waals surface area contributed by atoms with Crippen LogP contribution in [0, 0.1) is 41.5 Å². The largest absolute Gasteiger partial charge is 0.306 e. The summed E-state index contributed by atoms with van der Waals surface area (Å²) >= 11 is 0. The first-order valence-electron chi connectivity index (χ1n) is 9.57. The minimum absolute atomic E-state index is 0.416. The lowest BCUT2D eigenvalue weighted by atomic mass is 10.0. The maximum Gasteiger partial charge on any atom is 0.229 e. The molecule has 0 saturated carbocycles. The van der Waals surface area contributed by atoms with Crippen LogP contribution in [-0.2, 0) is 4.57 Å². The molecule has 0 aliphatic carbocycles. The summed E-state index contributed by atoms with van der Waals surface area (Å²) < 4.78 is 14.3. The average Bonchev–Trinajstić information content (AvgIpc) is 2.50. The van der Waals surface area contributed by atoms with Gasteiger partial charge in [-0.15, -0.1) is 0 Å². The highest BCUT2D eigenvalue weighted by atomic mass is 31.2. The lowest BCUT2D eigenvalue weighted by Crippen LogP contribution is -2.28. The molecule has 0 amide bonds. The number of aryl methyl sites for hydroxylation is 6. The van der Waals surface area contributed by atoms with Crippen LogP contribution in [0.1, 0.15) is 74.9 Å². The van der Waals surface area contributed by atoms with Crippen molar-refractivity contribution >= 4 is 18.2 Å². The third-order valence-corrected chi connectivity index (χ3v) is 8.78. The van der Waals surface area contributed by atoms with Crippen molar-refractivity contribution in [3.05, 3.63) is 68.8 Å². The van der Waals surface area contributed by atoms with Crippen LogP contribution in [-0.4, -0.2) is 16.2 Å². The van der Waals surface area contributed by atoms with Gasteiger partial charge in [-0.1, -0.05) is 56.2 Å². The Labute approximate surface area is 168 Å². The van der Waals surface area contributed by atoms with Crippen molar-refractivity contribution in [1.29, 1.82) is 0 Å². The molecule has 2 aromatic rings. The summed E-state index contributed by atoms with van der Waals surface area (Å²) in [5, 5.41) is -0.977. The number of benzene rings is 2. The summed E-state index contributed by atoms with van der Waals surface area (Å²) in [6, 6.07) is 7.61. The molecule has 0 N–H and O–H groups in total. The predicted molar refractivity (Wildman–Crippen MR) is 117 cm³/mol. The van der Waals surface area contributed by atoms with Gasteiger partial charge in [-0.25, -0.2) is 0 Å². The van der Waals surface area contributed by atoms with Crippen LogP contribution in [0.15, 0.2) is 24.3 Å². The van der Waals surface area contributed by atoms with Crippen molar-refractivity contribution in [3.8, 4) is 0 Å². The minimum atomic E-state index is -3.94. The molecule has 2 aromatic carbocycles. The van der Waals surface area contributed by atoms with E-state index in [1.807, 2.05) is 65.8 Å². The van der Waals surface area contributed by atoms with Gasteiger partial charge in [0.1, 0.15) is 0 Å². The first-order valence-corrected chi connectivity index (χ1v) is 11.3. The molecule has 150 valence electrons. The second kappa shape index (κ2) is 7.44. The second-order valence-corrected chi connectivity index (χ2v) is 12.3. The highest BCUT2D eigenvalue weighted by Gasteiger charge is 2.51. The van der Waals surface area contributed by atoms with Gasteiger partial charge in [-0.05, 0) is 63.8 Å². The van der Waals surface area contributed by atoms with Crippen molar-refractivity contribution in [2.45, 2.75) is 67.5 Å². The van der Waals surface area contributed by atoms with E-state index in [1.165, 1.54) is 0 Å². The average molecular weight is 398 g/mol. The Morgan fingerprint density at radius 3 is 1.11 bits per heavy atom. The van der Waals surface area contributed by atoms with E-state index in [0.717, 1.165) is 33.4 Å². The Morgan fingerprint density at radius 1 is 0.643 bits per heavy atom. The standard InChI is InChI=1S/C24H31O3P/c1-14-10-16(3)20(17(4)11-14)22(25)28(27,24(7,8)9)23(26)21-18(5)12-15(2)13-19(21)6/h10-13H,1-9H3. The predicted octanol–water partition coefficient (Wildman–Crippen LogP) is 6.68. The summed E-state index contributed by atoms with van der Waals surface area (Å²) in [5.41, 5.74) is 4.89. The van der Waals surface area contributed by atoms with E-state index in [1.54, 1.807) is 20.8 Å². The topological polar surface area (TPSA) is 51.2 Å². The number of rotatable bonds is 4. The molecule has 0 bridgehead atoms. The third kappa shape index (κ3) is 3.65. The van der Waals surface area contributed by atoms with Crippen molar-refractivity contribution in [1.82, 2.24) is 0 Å². The molecule has 0 aromatic heterocycles. The summed E-state index contributed by atoms with van der Waals surface area (Å²) in [4.78, 5) is 27.4. The van der Waals surface area contributed by atoms with E-state index < -0.39 is 23.3 Å². The lowest BCUT2D eigenvalue weighted by molar-refractivity contribution is 0.103. The first kappa shape index (κ1) is 22.3. The molecule has 3 nitrogen and oxygen atoms in total. The zero-order valence-electron chi connectivity index (χ0n) is 18.5. The van der Waals surface area contributed by atoms with Crippen LogP contribution in [0.5, 0.6) is 0 Å². The molecule has 0 atom stereocenters. The summed E-state index contributed by atoms with van der Waals surface area (Å²) in [7, 11) is -3.94. The Morgan fingerprint density at radius 2 is 0.893 bits per heavy atom. The maximum absolute atomic E-state index is 14.3. The molecule has 0 unspecified atom stereocenters. The SMILES string of the molecule is Cc1cc(C)c(C(=O)P(=O)(C(=O)c2c(C)cc(C)cc2C)C(C)(C)C)c(C)c1. The Balaban J connectivity index is 2.79. The highest BCUT2D eigenvalue weighted by Crippen LogP contribution is 2.63. The number of hydrogen-bond donors (Lipinski definition) is 0. The maximum atomic E-state index is 14.3. The van der Waals surface area contributed by atoms with Crippen LogP contribution in [0.4, 0.5) is 0 Å². The molecule has 0 spiro atoms. The Hall–Kier alpha value is -1.99. The van der Waals surface area contributed by atoms with Crippen LogP contribution < -0.4 is 0 Å². The van der Waals surface area contributed by atoms with Gasteiger partial charge < -0.3 is 4.57 Å². The smallest absolute Gasteiger partial charge is 0.229 e. The van der Waals surface area contributed by atoms with Gasteiger partial charge in [-0.3, -0.25) is 9.59 Å². The minimum Gasteiger partial charge on any atom is -0.306 e. The van der Waals surface area contributed by atoms with Gasteiger partial charge in [0, 0.05) is 16.3 Å². The fraction of sp³-hybridized carbons (Fsp3) is 0.417. The summed E-state index contributed by atoms with van der Waals surface area (Å²) in [6.45, 7) is 16.5. The van der Waals surface area contributed by atoms with Crippen molar-refractivity contribution in [2.24, 2.45) is 0 Å². The fourth-order valence-corrected chi connectivity index (χ4v) is 6.79. The van der Waals surface area contributed by atoms with Gasteiger partial charge in [0.25, 0.3) is 0 Å². The van der Waals surface area contributed by atoms with Crippen molar-refractivity contribution in [3.63, 3.8) is 0 Å². The summed E-state index contributed by atoms with van der Waals surface area (Å²) in [5.74, 6) is 0. The normalized spacial score (nSPS) is 12.2. The molecule has 0 heterocycles. The van der Waals surface area contributed by atoms with E-state index in [0.29, 0.717) is 11.1 Å². The molecular weight excluding hydrogens is 367 g/mol. The van der Waals surface area contributed by atoms with E-state index in [4.69, 9.17) is 0 Å². The van der Waals surface area contributed by atoms with Crippen molar-refractivity contribution < 1.29 is 14.2 Å². The fourth-order valence-electron chi connectivity index (χ4n) is 4.05. The number of hydrogen-bond acceptors (Lipinski definition) is 3. The van der Waals surface area contributed by atoms with Gasteiger partial charge in [0.15, 0.2) is 0 Å².